The van der Waals surface area contributed by atoms with E-state index in [0.717, 1.165) is 43.1 Å². The minimum absolute atomic E-state index is 0.202. The van der Waals surface area contributed by atoms with E-state index in [0.29, 0.717) is 0 Å². The third-order valence-corrected chi connectivity index (χ3v) is 11.5. The largest absolute Gasteiger partial charge is 0.414 e. The average Bonchev–Trinajstić information content (AvgIpc) is 2.53. The molecule has 5 heteroatoms. The van der Waals surface area contributed by atoms with Crippen LogP contribution in [0.2, 0.25) is 18.1 Å². The smallest absolute Gasteiger partial charge is 0.192 e. The second-order valence-electron chi connectivity index (χ2n) is 9.80. The first-order chi connectivity index (χ1) is 12.4. The molecule has 1 fully saturated rings. The lowest BCUT2D eigenvalue weighted by Gasteiger charge is -2.44. The van der Waals surface area contributed by atoms with Crippen LogP contribution in [0.25, 0.3) is 0 Å². The number of halogens is 1. The molecule has 1 aliphatic carbocycles. The maximum atomic E-state index is 11.2. The number of benzene rings is 1. The summed E-state index contributed by atoms with van der Waals surface area (Å²) in [7, 11) is -1.78. The number of aliphatic hydroxyl groups is 1. The zero-order valence-electron chi connectivity index (χ0n) is 17.9. The molecule has 0 saturated heterocycles. The molecule has 2 N–H and O–H groups in total. The SMILES string of the molecule is C[C@H](NCC[C@@]1(O)CCC[C@@H](O[Si](C)(C)C(C)(C)C)C1)c1ccc(Br)cc1. The average molecular weight is 457 g/mol. The van der Waals surface area contributed by atoms with Crippen molar-refractivity contribution in [1.82, 2.24) is 5.32 Å². The third kappa shape index (κ3) is 6.67. The monoisotopic (exact) mass is 455 g/mol. The first-order valence-electron chi connectivity index (χ1n) is 10.3. The third-order valence-electron chi connectivity index (χ3n) is 6.45. The Kier molecular flexibility index (Phi) is 7.76. The van der Waals surface area contributed by atoms with Crippen molar-refractivity contribution >= 4 is 24.2 Å². The molecule has 154 valence electrons. The maximum absolute atomic E-state index is 11.2. The maximum Gasteiger partial charge on any atom is 0.192 e. The van der Waals surface area contributed by atoms with Crippen LogP contribution in [-0.4, -0.2) is 31.7 Å². The van der Waals surface area contributed by atoms with Gasteiger partial charge < -0.3 is 14.8 Å². The van der Waals surface area contributed by atoms with Crippen LogP contribution in [0.5, 0.6) is 0 Å². The Balaban J connectivity index is 1.85. The molecule has 0 aliphatic heterocycles. The molecule has 1 saturated carbocycles. The van der Waals surface area contributed by atoms with Crippen LogP contribution in [-0.2, 0) is 4.43 Å². The highest BCUT2D eigenvalue weighted by atomic mass is 79.9. The second kappa shape index (κ2) is 9.08. The van der Waals surface area contributed by atoms with Crippen molar-refractivity contribution in [1.29, 1.82) is 0 Å². The van der Waals surface area contributed by atoms with Crippen LogP contribution in [0.1, 0.15) is 71.4 Å². The van der Waals surface area contributed by atoms with Crippen LogP contribution in [0, 0.1) is 0 Å². The van der Waals surface area contributed by atoms with E-state index in [1.807, 2.05) is 0 Å². The summed E-state index contributed by atoms with van der Waals surface area (Å²) in [5.74, 6) is 0. The van der Waals surface area contributed by atoms with Crippen LogP contribution in [0.3, 0.4) is 0 Å². The van der Waals surface area contributed by atoms with Gasteiger partial charge in [-0.15, -0.1) is 0 Å². The van der Waals surface area contributed by atoms with Gasteiger partial charge in [0.2, 0.25) is 0 Å². The Labute approximate surface area is 175 Å². The number of rotatable bonds is 7. The Morgan fingerprint density at radius 3 is 2.52 bits per heavy atom. The van der Waals surface area contributed by atoms with Gasteiger partial charge in [-0.25, -0.2) is 0 Å². The Morgan fingerprint density at radius 1 is 1.30 bits per heavy atom. The number of hydrogen-bond acceptors (Lipinski definition) is 3. The van der Waals surface area contributed by atoms with E-state index < -0.39 is 13.9 Å². The van der Waals surface area contributed by atoms with Crippen LogP contribution < -0.4 is 5.32 Å². The van der Waals surface area contributed by atoms with E-state index >= 15 is 0 Å². The minimum Gasteiger partial charge on any atom is -0.414 e. The lowest BCUT2D eigenvalue weighted by atomic mass is 9.81. The molecule has 0 unspecified atom stereocenters. The van der Waals surface area contributed by atoms with Crippen molar-refractivity contribution in [2.24, 2.45) is 0 Å². The molecule has 0 heterocycles. The lowest BCUT2D eigenvalue weighted by molar-refractivity contribution is -0.0464. The molecule has 2 rings (SSSR count). The molecule has 0 radical (unpaired) electrons. The van der Waals surface area contributed by atoms with E-state index in [1.165, 1.54) is 5.56 Å². The molecular weight excluding hydrogens is 418 g/mol. The Hall–Kier alpha value is -0.203. The molecule has 1 aliphatic rings. The summed E-state index contributed by atoms with van der Waals surface area (Å²) in [4.78, 5) is 0. The molecule has 27 heavy (non-hydrogen) atoms. The van der Waals surface area contributed by atoms with Gasteiger partial charge in [-0.05, 0) is 75.0 Å². The molecular formula is C22H38BrNO2Si. The summed E-state index contributed by atoms with van der Waals surface area (Å²) in [6.07, 6.45) is 4.78. The highest BCUT2D eigenvalue weighted by Crippen LogP contribution is 2.41. The summed E-state index contributed by atoms with van der Waals surface area (Å²) in [5.41, 5.74) is 0.672. The first-order valence-corrected chi connectivity index (χ1v) is 14.0. The first kappa shape index (κ1) is 23.1. The van der Waals surface area contributed by atoms with E-state index in [4.69, 9.17) is 4.43 Å². The van der Waals surface area contributed by atoms with Crippen molar-refractivity contribution < 1.29 is 9.53 Å². The molecule has 1 aromatic carbocycles. The molecule has 0 amide bonds. The molecule has 3 atom stereocenters. The lowest BCUT2D eigenvalue weighted by Crippen LogP contribution is -2.48. The fourth-order valence-corrected chi connectivity index (χ4v) is 5.25. The Bertz CT molecular complexity index is 599. The fraction of sp³-hybridized carbons (Fsp3) is 0.727. The second-order valence-corrected chi connectivity index (χ2v) is 15.5. The molecule has 0 bridgehead atoms. The molecule has 1 aromatic rings. The number of hydrogen-bond donors (Lipinski definition) is 2. The standard InChI is InChI=1S/C22H38BrNO2Si/c1-17(18-9-11-19(23)12-10-18)24-15-14-22(25)13-7-8-20(16-22)26-27(5,6)21(2,3)4/h9-12,17,20,24-25H,7-8,13-16H2,1-6H3/t17-,20+,22-/m0/s1. The van der Waals surface area contributed by atoms with Gasteiger partial charge in [-0.2, -0.15) is 0 Å². The fourth-order valence-electron chi connectivity index (χ4n) is 3.60. The van der Waals surface area contributed by atoms with Gasteiger partial charge in [-0.1, -0.05) is 48.8 Å². The summed E-state index contributed by atoms with van der Waals surface area (Å²) in [6.45, 7) is 14.5. The van der Waals surface area contributed by atoms with E-state index in [1.54, 1.807) is 0 Å². The highest BCUT2D eigenvalue weighted by molar-refractivity contribution is 9.10. The van der Waals surface area contributed by atoms with Crippen molar-refractivity contribution in [3.05, 3.63) is 34.3 Å². The van der Waals surface area contributed by atoms with E-state index in [-0.39, 0.29) is 17.2 Å². The van der Waals surface area contributed by atoms with Crippen LogP contribution >= 0.6 is 15.9 Å². The molecule has 0 spiro atoms. The molecule has 0 aromatic heterocycles. The quantitative estimate of drug-likeness (QED) is 0.481. The van der Waals surface area contributed by atoms with Gasteiger partial charge in [0.1, 0.15) is 0 Å². The number of nitrogens with one attached hydrogen (secondary N) is 1. The summed E-state index contributed by atoms with van der Waals surface area (Å²) in [6, 6.07) is 8.71. The van der Waals surface area contributed by atoms with E-state index in [2.05, 4.69) is 86.3 Å². The van der Waals surface area contributed by atoms with Gasteiger partial charge >= 0.3 is 0 Å². The highest BCUT2D eigenvalue weighted by Gasteiger charge is 2.42. The van der Waals surface area contributed by atoms with Crippen molar-refractivity contribution in [3.8, 4) is 0 Å². The van der Waals surface area contributed by atoms with Crippen molar-refractivity contribution in [2.45, 2.75) is 95.7 Å². The van der Waals surface area contributed by atoms with Crippen LogP contribution in [0.4, 0.5) is 0 Å². The van der Waals surface area contributed by atoms with Crippen LogP contribution in [0.15, 0.2) is 28.7 Å². The van der Waals surface area contributed by atoms with Gasteiger partial charge in [0, 0.05) is 23.0 Å². The van der Waals surface area contributed by atoms with Gasteiger partial charge in [0.15, 0.2) is 8.32 Å². The van der Waals surface area contributed by atoms with Crippen molar-refractivity contribution in [2.75, 3.05) is 6.54 Å². The zero-order chi connectivity index (χ0) is 20.3. The predicted molar refractivity (Wildman–Crippen MR) is 121 cm³/mol. The van der Waals surface area contributed by atoms with E-state index in [9.17, 15) is 5.11 Å². The van der Waals surface area contributed by atoms with Crippen molar-refractivity contribution in [3.63, 3.8) is 0 Å². The van der Waals surface area contributed by atoms with Gasteiger partial charge in [-0.3, -0.25) is 0 Å². The normalized spacial score (nSPS) is 25.4. The summed E-state index contributed by atoms with van der Waals surface area (Å²) >= 11 is 3.48. The topological polar surface area (TPSA) is 41.5 Å². The predicted octanol–water partition coefficient (Wildman–Crippen LogP) is 6.19. The summed E-state index contributed by atoms with van der Waals surface area (Å²) < 4.78 is 7.70. The molecule has 3 nitrogen and oxygen atoms in total. The summed E-state index contributed by atoms with van der Waals surface area (Å²) in [5, 5.41) is 14.9. The minimum atomic E-state index is -1.78. The Morgan fingerprint density at radius 2 is 1.93 bits per heavy atom. The van der Waals surface area contributed by atoms with Gasteiger partial charge in [0.05, 0.1) is 5.60 Å². The van der Waals surface area contributed by atoms with Gasteiger partial charge in [0.25, 0.3) is 0 Å². The zero-order valence-corrected chi connectivity index (χ0v) is 20.5.